The molecule has 0 bridgehead atoms. The Balaban J connectivity index is 1.70. The summed E-state index contributed by atoms with van der Waals surface area (Å²) in [7, 11) is 0. The number of aryl methyl sites for hydroxylation is 1. The van der Waals surface area contributed by atoms with Crippen molar-refractivity contribution in [2.75, 3.05) is 0 Å². The smallest absolute Gasteiger partial charge is 0.135 e. The lowest BCUT2D eigenvalue weighted by Gasteiger charge is -2.25. The second-order valence-electron chi connectivity index (χ2n) is 7.92. The van der Waals surface area contributed by atoms with Gasteiger partial charge in [0.2, 0.25) is 0 Å². The third-order valence-corrected chi connectivity index (χ3v) is 5.38. The quantitative estimate of drug-likeness (QED) is 0.608. The predicted octanol–water partition coefficient (Wildman–Crippen LogP) is 5.54. The Morgan fingerprint density at radius 3 is 2.23 bits per heavy atom. The van der Waals surface area contributed by atoms with Crippen LogP contribution in [0.15, 0.2) is 40.8 Å². The minimum atomic E-state index is -0.816. The van der Waals surface area contributed by atoms with E-state index in [9.17, 15) is 5.11 Å². The largest absolute Gasteiger partial charge is 0.462 e. The van der Waals surface area contributed by atoms with Crippen molar-refractivity contribution >= 4 is 0 Å². The van der Waals surface area contributed by atoms with Crippen LogP contribution in [-0.2, 0) is 18.7 Å². The van der Waals surface area contributed by atoms with Crippen molar-refractivity contribution in [3.05, 3.63) is 59.0 Å². The molecule has 1 heterocycles. The van der Waals surface area contributed by atoms with E-state index in [4.69, 9.17) is 4.42 Å². The van der Waals surface area contributed by atoms with Gasteiger partial charge in [0, 0.05) is 12.6 Å². The van der Waals surface area contributed by atoms with Gasteiger partial charge in [0.15, 0.2) is 0 Å². The van der Waals surface area contributed by atoms with Crippen LogP contribution < -0.4 is 0 Å². The Morgan fingerprint density at radius 1 is 1.00 bits per heavy atom. The van der Waals surface area contributed by atoms with Gasteiger partial charge in [0.05, 0.1) is 6.54 Å². The zero-order valence-corrected chi connectivity index (χ0v) is 16.5. The van der Waals surface area contributed by atoms with Gasteiger partial charge in [0.1, 0.15) is 17.1 Å². The van der Waals surface area contributed by atoms with E-state index in [1.165, 1.54) is 24.0 Å². The van der Waals surface area contributed by atoms with Gasteiger partial charge in [0.25, 0.3) is 0 Å². The lowest BCUT2D eigenvalue weighted by molar-refractivity contribution is -0.00525. The van der Waals surface area contributed by atoms with Crippen LogP contribution in [0.5, 0.6) is 0 Å². The highest BCUT2D eigenvalue weighted by Gasteiger charge is 2.33. The van der Waals surface area contributed by atoms with Crippen molar-refractivity contribution in [1.82, 2.24) is 4.90 Å². The van der Waals surface area contributed by atoms with Gasteiger partial charge in [-0.05, 0) is 50.3 Å². The van der Waals surface area contributed by atoms with E-state index >= 15 is 0 Å². The zero-order valence-electron chi connectivity index (χ0n) is 16.5. The van der Waals surface area contributed by atoms with Crippen molar-refractivity contribution in [2.45, 2.75) is 84.0 Å². The predicted molar refractivity (Wildman–Crippen MR) is 106 cm³/mol. The van der Waals surface area contributed by atoms with Crippen LogP contribution >= 0.6 is 0 Å². The first-order valence-electron chi connectivity index (χ1n) is 10.1. The molecule has 3 nitrogen and oxygen atoms in total. The Bertz CT molecular complexity index is 678. The second kappa shape index (κ2) is 8.41. The van der Waals surface area contributed by atoms with E-state index < -0.39 is 5.60 Å². The number of rotatable bonds is 10. The standard InChI is InChI=1S/C23H33NO2/c1-4-14-23(25,15-5-2)22-13-12-21(26-22)17-24(20-10-11-20)16-19-8-6-18(3)7-9-19/h6-9,12-13,20,25H,4-5,10-11,14-17H2,1-3H3. The summed E-state index contributed by atoms with van der Waals surface area (Å²) in [6.45, 7) is 8.12. The first kappa shape index (κ1) is 19.2. The molecule has 1 aromatic heterocycles. The lowest BCUT2D eigenvalue weighted by atomic mass is 9.90. The monoisotopic (exact) mass is 355 g/mol. The van der Waals surface area contributed by atoms with Crippen LogP contribution in [0.25, 0.3) is 0 Å². The first-order valence-corrected chi connectivity index (χ1v) is 10.1. The average Bonchev–Trinajstić information content (AvgIpc) is 3.35. The Labute approximate surface area is 158 Å². The number of aliphatic hydroxyl groups is 1. The SMILES string of the molecule is CCCC(O)(CCC)c1ccc(CN(Cc2ccc(C)cc2)C2CC2)o1. The van der Waals surface area contributed by atoms with E-state index in [-0.39, 0.29) is 0 Å². The maximum atomic E-state index is 11.0. The van der Waals surface area contributed by atoms with Crippen LogP contribution in [-0.4, -0.2) is 16.0 Å². The van der Waals surface area contributed by atoms with E-state index in [0.717, 1.165) is 50.3 Å². The summed E-state index contributed by atoms with van der Waals surface area (Å²) in [4.78, 5) is 2.51. The summed E-state index contributed by atoms with van der Waals surface area (Å²) in [6.07, 6.45) is 5.96. The average molecular weight is 356 g/mol. The summed E-state index contributed by atoms with van der Waals surface area (Å²) in [5, 5.41) is 11.0. The van der Waals surface area contributed by atoms with Crippen LogP contribution in [0, 0.1) is 6.92 Å². The van der Waals surface area contributed by atoms with Crippen molar-refractivity contribution < 1.29 is 9.52 Å². The highest BCUT2D eigenvalue weighted by atomic mass is 16.4. The van der Waals surface area contributed by atoms with Gasteiger partial charge in [-0.25, -0.2) is 0 Å². The number of hydrogen-bond donors (Lipinski definition) is 1. The van der Waals surface area contributed by atoms with Crippen molar-refractivity contribution in [1.29, 1.82) is 0 Å². The van der Waals surface area contributed by atoms with Crippen LogP contribution in [0.3, 0.4) is 0 Å². The molecule has 1 N–H and O–H groups in total. The van der Waals surface area contributed by atoms with Gasteiger partial charge in [-0.1, -0.05) is 56.5 Å². The maximum absolute atomic E-state index is 11.0. The molecule has 0 saturated heterocycles. The topological polar surface area (TPSA) is 36.6 Å². The fourth-order valence-corrected chi connectivity index (χ4v) is 3.79. The molecule has 142 valence electrons. The summed E-state index contributed by atoms with van der Waals surface area (Å²) < 4.78 is 6.13. The molecule has 26 heavy (non-hydrogen) atoms. The van der Waals surface area contributed by atoms with E-state index in [1.807, 2.05) is 6.07 Å². The third-order valence-electron chi connectivity index (χ3n) is 5.38. The Morgan fingerprint density at radius 2 is 1.65 bits per heavy atom. The van der Waals surface area contributed by atoms with Gasteiger partial charge in [-0.3, -0.25) is 4.90 Å². The molecule has 0 radical (unpaired) electrons. The fourth-order valence-electron chi connectivity index (χ4n) is 3.79. The first-order chi connectivity index (χ1) is 12.5. The molecule has 2 aromatic rings. The third kappa shape index (κ3) is 4.77. The second-order valence-corrected chi connectivity index (χ2v) is 7.92. The molecule has 0 spiro atoms. The molecule has 0 amide bonds. The highest BCUT2D eigenvalue weighted by Crippen LogP contribution is 2.34. The van der Waals surface area contributed by atoms with E-state index in [2.05, 4.69) is 56.0 Å². The van der Waals surface area contributed by atoms with Crippen LogP contribution in [0.4, 0.5) is 0 Å². The van der Waals surface area contributed by atoms with Crippen LogP contribution in [0.2, 0.25) is 0 Å². The molecule has 1 aliphatic carbocycles. The van der Waals surface area contributed by atoms with Gasteiger partial charge >= 0.3 is 0 Å². The minimum absolute atomic E-state index is 0.662. The Kier molecular flexibility index (Phi) is 6.20. The van der Waals surface area contributed by atoms with Gasteiger partial charge in [-0.2, -0.15) is 0 Å². The molecule has 3 rings (SSSR count). The van der Waals surface area contributed by atoms with Crippen molar-refractivity contribution in [3.63, 3.8) is 0 Å². The highest BCUT2D eigenvalue weighted by molar-refractivity contribution is 5.22. The maximum Gasteiger partial charge on any atom is 0.135 e. The molecule has 3 heteroatoms. The molecular formula is C23H33NO2. The van der Waals surface area contributed by atoms with Gasteiger partial charge < -0.3 is 9.52 Å². The van der Waals surface area contributed by atoms with Gasteiger partial charge in [-0.15, -0.1) is 0 Å². The summed E-state index contributed by atoms with van der Waals surface area (Å²) in [5.41, 5.74) is 1.83. The zero-order chi connectivity index (χ0) is 18.6. The van der Waals surface area contributed by atoms with Crippen molar-refractivity contribution in [3.8, 4) is 0 Å². The minimum Gasteiger partial charge on any atom is -0.462 e. The normalized spacial score (nSPS) is 15.0. The molecular weight excluding hydrogens is 322 g/mol. The van der Waals surface area contributed by atoms with E-state index in [0.29, 0.717) is 6.04 Å². The molecule has 0 atom stereocenters. The van der Waals surface area contributed by atoms with Crippen molar-refractivity contribution in [2.24, 2.45) is 0 Å². The fraction of sp³-hybridized carbons (Fsp3) is 0.565. The summed E-state index contributed by atoms with van der Waals surface area (Å²) in [5.74, 6) is 1.70. The number of benzene rings is 1. The molecule has 1 fully saturated rings. The number of hydrogen-bond acceptors (Lipinski definition) is 3. The summed E-state index contributed by atoms with van der Waals surface area (Å²) >= 11 is 0. The Hall–Kier alpha value is -1.58. The number of nitrogens with zero attached hydrogens (tertiary/aromatic N) is 1. The number of furan rings is 1. The van der Waals surface area contributed by atoms with Crippen LogP contribution in [0.1, 0.15) is 75.0 Å². The van der Waals surface area contributed by atoms with E-state index in [1.54, 1.807) is 0 Å². The molecule has 0 aliphatic heterocycles. The lowest BCUT2D eigenvalue weighted by Crippen LogP contribution is -2.25. The molecule has 0 unspecified atom stereocenters. The molecule has 1 saturated carbocycles. The summed E-state index contributed by atoms with van der Waals surface area (Å²) in [6, 6.07) is 13.5. The molecule has 1 aromatic carbocycles. The molecule has 1 aliphatic rings.